The predicted octanol–water partition coefficient (Wildman–Crippen LogP) is 3.15. The average Bonchev–Trinajstić information content (AvgIpc) is 2.87. The number of amides is 1. The van der Waals surface area contributed by atoms with Gasteiger partial charge in [0.15, 0.2) is 5.69 Å². The van der Waals surface area contributed by atoms with Crippen molar-refractivity contribution in [1.29, 1.82) is 0 Å². The first-order valence-electron chi connectivity index (χ1n) is 6.92. The molecule has 0 spiro atoms. The minimum atomic E-state index is -4.40. The van der Waals surface area contributed by atoms with Gasteiger partial charge in [-0.3, -0.25) is 4.79 Å². The Labute approximate surface area is 138 Å². The first kappa shape index (κ1) is 21.1. The molecule has 0 aliphatic heterocycles. The van der Waals surface area contributed by atoms with Crippen LogP contribution in [0.5, 0.6) is 0 Å². The fourth-order valence-corrected chi connectivity index (χ4v) is 2.54. The van der Waals surface area contributed by atoms with Crippen molar-refractivity contribution in [2.24, 2.45) is 5.73 Å². The summed E-state index contributed by atoms with van der Waals surface area (Å²) in [5.41, 5.74) is 4.50. The zero-order valence-corrected chi connectivity index (χ0v) is 13.8. The summed E-state index contributed by atoms with van der Waals surface area (Å²) in [6, 6.07) is 0. The Balaban J connectivity index is 0.00000441. The van der Waals surface area contributed by atoms with E-state index in [2.05, 4.69) is 10.3 Å². The maximum Gasteiger partial charge on any atom is 0.434 e. The lowest BCUT2D eigenvalue weighted by atomic mass is 10.1. The summed E-state index contributed by atoms with van der Waals surface area (Å²) in [7, 11) is 0. The number of halogens is 4. The van der Waals surface area contributed by atoms with Crippen LogP contribution < -0.4 is 11.1 Å². The molecule has 4 nitrogen and oxygen atoms in total. The molecule has 1 rings (SSSR count). The maximum absolute atomic E-state index is 12.3. The fourth-order valence-electron chi connectivity index (χ4n) is 1.74. The third kappa shape index (κ3) is 8.55. The molecule has 1 heterocycles. The molecular formula is C13H21ClF3N3OS. The number of rotatable bonds is 9. The highest BCUT2D eigenvalue weighted by atomic mass is 35.5. The first-order valence-corrected chi connectivity index (χ1v) is 7.80. The number of unbranched alkanes of at least 4 members (excludes halogenated alkanes) is 3. The SMILES string of the molecule is Cl.NCCCCCCC(=O)NCCc1nc(C(F)(F)F)cs1. The lowest BCUT2D eigenvalue weighted by Crippen LogP contribution is -2.25. The van der Waals surface area contributed by atoms with Gasteiger partial charge in [0.2, 0.25) is 5.91 Å². The third-order valence-corrected chi connectivity index (χ3v) is 3.77. The monoisotopic (exact) mass is 359 g/mol. The van der Waals surface area contributed by atoms with E-state index in [1.165, 1.54) is 0 Å². The molecule has 128 valence electrons. The maximum atomic E-state index is 12.3. The number of nitrogens with one attached hydrogen (secondary N) is 1. The number of aromatic nitrogens is 1. The molecule has 1 aromatic heterocycles. The van der Waals surface area contributed by atoms with Gasteiger partial charge in [-0.1, -0.05) is 12.8 Å². The highest BCUT2D eigenvalue weighted by Crippen LogP contribution is 2.29. The first-order chi connectivity index (χ1) is 9.93. The molecule has 0 aliphatic rings. The molecule has 0 unspecified atom stereocenters. The third-order valence-electron chi connectivity index (χ3n) is 2.86. The quantitative estimate of drug-likeness (QED) is 0.665. The number of hydrogen-bond acceptors (Lipinski definition) is 4. The van der Waals surface area contributed by atoms with Crippen LogP contribution in [0, 0.1) is 0 Å². The van der Waals surface area contributed by atoms with E-state index in [4.69, 9.17) is 5.73 Å². The van der Waals surface area contributed by atoms with Crippen LogP contribution in [0.1, 0.15) is 42.8 Å². The van der Waals surface area contributed by atoms with Crippen LogP contribution in [-0.4, -0.2) is 24.0 Å². The van der Waals surface area contributed by atoms with Gasteiger partial charge < -0.3 is 11.1 Å². The number of nitrogens with two attached hydrogens (primary N) is 1. The summed E-state index contributed by atoms with van der Waals surface area (Å²) in [5.74, 6) is -0.0738. The summed E-state index contributed by atoms with van der Waals surface area (Å²) < 4.78 is 37.0. The van der Waals surface area contributed by atoms with Crippen molar-refractivity contribution in [2.45, 2.75) is 44.7 Å². The molecule has 3 N–H and O–H groups in total. The van der Waals surface area contributed by atoms with Crippen LogP contribution in [0.3, 0.4) is 0 Å². The van der Waals surface area contributed by atoms with Crippen molar-refractivity contribution < 1.29 is 18.0 Å². The van der Waals surface area contributed by atoms with Crippen LogP contribution in [0.15, 0.2) is 5.38 Å². The van der Waals surface area contributed by atoms with Gasteiger partial charge >= 0.3 is 6.18 Å². The van der Waals surface area contributed by atoms with Gasteiger partial charge in [0.1, 0.15) is 0 Å². The standard InChI is InChI=1S/C13H20F3N3OS.ClH/c14-13(15,16)10-9-21-12(19-10)6-8-18-11(20)5-3-1-2-4-7-17;/h9H,1-8,17H2,(H,18,20);1H. The lowest BCUT2D eigenvalue weighted by Gasteiger charge is -2.04. The molecule has 0 aliphatic carbocycles. The molecule has 0 radical (unpaired) electrons. The van der Waals surface area contributed by atoms with Crippen molar-refractivity contribution in [3.8, 4) is 0 Å². The van der Waals surface area contributed by atoms with Gasteiger partial charge in [-0.05, 0) is 19.4 Å². The van der Waals surface area contributed by atoms with Crippen LogP contribution in [0.25, 0.3) is 0 Å². The van der Waals surface area contributed by atoms with Crippen LogP contribution in [0.4, 0.5) is 13.2 Å². The van der Waals surface area contributed by atoms with Gasteiger partial charge in [0.05, 0.1) is 5.01 Å². The number of alkyl halides is 3. The minimum absolute atomic E-state index is 0. The predicted molar refractivity (Wildman–Crippen MR) is 83.2 cm³/mol. The summed E-state index contributed by atoms with van der Waals surface area (Å²) in [5, 5.41) is 4.07. The second kappa shape index (κ2) is 10.8. The van der Waals surface area contributed by atoms with E-state index in [0.29, 0.717) is 30.9 Å². The van der Waals surface area contributed by atoms with Gasteiger partial charge in [-0.2, -0.15) is 13.2 Å². The molecule has 9 heteroatoms. The van der Waals surface area contributed by atoms with E-state index in [1.54, 1.807) is 0 Å². The second-order valence-electron chi connectivity index (χ2n) is 4.68. The number of hydrogen-bond donors (Lipinski definition) is 2. The Morgan fingerprint density at radius 3 is 2.55 bits per heavy atom. The smallest absolute Gasteiger partial charge is 0.356 e. The topological polar surface area (TPSA) is 68.0 Å². The highest BCUT2D eigenvalue weighted by molar-refractivity contribution is 7.09. The van der Waals surface area contributed by atoms with Gasteiger partial charge in [-0.15, -0.1) is 23.7 Å². The van der Waals surface area contributed by atoms with Crippen molar-refractivity contribution in [3.63, 3.8) is 0 Å². The van der Waals surface area contributed by atoms with E-state index >= 15 is 0 Å². The van der Waals surface area contributed by atoms with Crippen LogP contribution in [-0.2, 0) is 17.4 Å². The molecular weight excluding hydrogens is 339 g/mol. The summed E-state index contributed by atoms with van der Waals surface area (Å²) >= 11 is 0.961. The molecule has 1 aromatic rings. The molecule has 0 saturated carbocycles. The Morgan fingerprint density at radius 2 is 1.95 bits per heavy atom. The van der Waals surface area contributed by atoms with Gasteiger partial charge in [0.25, 0.3) is 0 Å². The Hall–Kier alpha value is -0.860. The molecule has 0 aromatic carbocycles. The van der Waals surface area contributed by atoms with Crippen molar-refractivity contribution in [2.75, 3.05) is 13.1 Å². The van der Waals surface area contributed by atoms with E-state index < -0.39 is 11.9 Å². The van der Waals surface area contributed by atoms with E-state index in [0.717, 1.165) is 42.4 Å². The number of thiazole rings is 1. The highest BCUT2D eigenvalue weighted by Gasteiger charge is 2.33. The van der Waals surface area contributed by atoms with Crippen LogP contribution in [0.2, 0.25) is 0 Å². The molecule has 0 saturated heterocycles. The summed E-state index contributed by atoms with van der Waals surface area (Å²) in [6.07, 6.45) is 0.112. The van der Waals surface area contributed by atoms with E-state index in [9.17, 15) is 18.0 Å². The Morgan fingerprint density at radius 1 is 1.27 bits per heavy atom. The zero-order valence-electron chi connectivity index (χ0n) is 12.1. The molecule has 1 amide bonds. The summed E-state index contributed by atoms with van der Waals surface area (Å²) in [6.45, 7) is 0.979. The number of carbonyl (C=O) groups excluding carboxylic acids is 1. The largest absolute Gasteiger partial charge is 0.434 e. The molecule has 0 bridgehead atoms. The second-order valence-corrected chi connectivity index (χ2v) is 5.62. The zero-order chi connectivity index (χ0) is 15.7. The Bertz CT molecular complexity index is 440. The van der Waals surface area contributed by atoms with Crippen molar-refractivity contribution >= 4 is 29.7 Å². The van der Waals surface area contributed by atoms with Gasteiger partial charge in [-0.25, -0.2) is 4.98 Å². The number of carbonyl (C=O) groups is 1. The van der Waals surface area contributed by atoms with Crippen molar-refractivity contribution in [3.05, 3.63) is 16.1 Å². The van der Waals surface area contributed by atoms with Crippen molar-refractivity contribution in [1.82, 2.24) is 10.3 Å². The average molecular weight is 360 g/mol. The normalized spacial score (nSPS) is 11.1. The molecule has 0 atom stereocenters. The van der Waals surface area contributed by atoms with Crippen LogP contribution >= 0.6 is 23.7 Å². The molecule has 0 fully saturated rings. The fraction of sp³-hybridized carbons (Fsp3) is 0.692. The number of nitrogens with zero attached hydrogens (tertiary/aromatic N) is 1. The lowest BCUT2D eigenvalue weighted by molar-refractivity contribution is -0.140. The van der Waals surface area contributed by atoms with E-state index in [-0.39, 0.29) is 18.3 Å². The summed E-state index contributed by atoms with van der Waals surface area (Å²) in [4.78, 5) is 15.0. The minimum Gasteiger partial charge on any atom is -0.356 e. The Kier molecular flexibility index (Phi) is 10.4. The van der Waals surface area contributed by atoms with E-state index in [1.807, 2.05) is 0 Å². The molecule has 22 heavy (non-hydrogen) atoms. The van der Waals surface area contributed by atoms with Gasteiger partial charge in [0, 0.05) is 24.8 Å².